The monoisotopic (exact) mass is 260 g/mol. The van der Waals surface area contributed by atoms with Gasteiger partial charge in [-0.15, -0.1) is 0 Å². The first-order chi connectivity index (χ1) is 7.99. The van der Waals surface area contributed by atoms with Crippen LogP contribution in [0.5, 0.6) is 0 Å². The third-order valence-corrected chi connectivity index (χ3v) is 1.43. The van der Waals surface area contributed by atoms with Gasteiger partial charge in [0.05, 0.1) is 0 Å². The van der Waals surface area contributed by atoms with Crippen molar-refractivity contribution in [3.05, 3.63) is 0 Å². The van der Waals surface area contributed by atoms with Crippen molar-refractivity contribution >= 4 is 11.9 Å². The van der Waals surface area contributed by atoms with E-state index in [2.05, 4.69) is 10.9 Å². The lowest BCUT2D eigenvalue weighted by molar-refractivity contribution is -0.156. The summed E-state index contributed by atoms with van der Waals surface area (Å²) in [7, 11) is 0. The molecule has 18 heavy (non-hydrogen) atoms. The van der Waals surface area contributed by atoms with E-state index in [1.54, 1.807) is 41.5 Å². The van der Waals surface area contributed by atoms with Crippen molar-refractivity contribution < 1.29 is 19.1 Å². The van der Waals surface area contributed by atoms with Crippen LogP contribution in [0, 0.1) is 0 Å². The molecule has 0 fully saturated rings. The number of hydrogen-bond donors (Lipinski definition) is 2. The SMILES string of the molecule is CC(C)(C)OC(=O)CNNCC(=O)OC(C)(C)C. The zero-order valence-corrected chi connectivity index (χ0v) is 12.0. The van der Waals surface area contributed by atoms with Gasteiger partial charge < -0.3 is 9.47 Å². The van der Waals surface area contributed by atoms with Gasteiger partial charge in [0.1, 0.15) is 24.3 Å². The van der Waals surface area contributed by atoms with E-state index in [1.807, 2.05) is 0 Å². The first kappa shape index (κ1) is 16.9. The maximum Gasteiger partial charge on any atom is 0.321 e. The van der Waals surface area contributed by atoms with Crippen LogP contribution in [0.15, 0.2) is 0 Å². The number of ether oxygens (including phenoxy) is 2. The Kier molecular flexibility index (Phi) is 6.28. The van der Waals surface area contributed by atoms with Crippen LogP contribution in [-0.2, 0) is 19.1 Å². The van der Waals surface area contributed by atoms with Gasteiger partial charge in [-0.05, 0) is 41.5 Å². The fraction of sp³-hybridized carbons (Fsp3) is 0.833. The quantitative estimate of drug-likeness (QED) is 0.432. The van der Waals surface area contributed by atoms with E-state index >= 15 is 0 Å². The Morgan fingerprint density at radius 1 is 0.778 bits per heavy atom. The fourth-order valence-corrected chi connectivity index (χ4v) is 1.02. The standard InChI is InChI=1S/C12H24N2O4/c1-11(2,3)17-9(15)7-13-14-8-10(16)18-12(4,5)6/h13-14H,7-8H2,1-6H3. The lowest BCUT2D eigenvalue weighted by Gasteiger charge is -2.20. The average molecular weight is 260 g/mol. The number of hydrogen-bond acceptors (Lipinski definition) is 6. The van der Waals surface area contributed by atoms with Crippen molar-refractivity contribution in [1.29, 1.82) is 0 Å². The highest BCUT2D eigenvalue weighted by Gasteiger charge is 2.17. The van der Waals surface area contributed by atoms with E-state index in [0.717, 1.165) is 0 Å². The molecule has 0 saturated carbocycles. The van der Waals surface area contributed by atoms with Crippen molar-refractivity contribution in [2.24, 2.45) is 0 Å². The van der Waals surface area contributed by atoms with Gasteiger partial charge >= 0.3 is 11.9 Å². The average Bonchev–Trinajstić information content (AvgIpc) is 2.06. The minimum Gasteiger partial charge on any atom is -0.459 e. The molecule has 0 atom stereocenters. The molecular weight excluding hydrogens is 236 g/mol. The molecule has 0 heterocycles. The number of esters is 2. The molecule has 0 aromatic carbocycles. The Bertz CT molecular complexity index is 259. The smallest absolute Gasteiger partial charge is 0.321 e. The van der Waals surface area contributed by atoms with Gasteiger partial charge in [-0.2, -0.15) is 0 Å². The normalized spacial score (nSPS) is 12.1. The summed E-state index contributed by atoms with van der Waals surface area (Å²) in [6.45, 7) is 10.7. The van der Waals surface area contributed by atoms with Crippen molar-refractivity contribution in [3.63, 3.8) is 0 Å². The number of rotatable bonds is 5. The molecule has 6 nitrogen and oxygen atoms in total. The van der Waals surface area contributed by atoms with E-state index in [-0.39, 0.29) is 25.0 Å². The highest BCUT2D eigenvalue weighted by Crippen LogP contribution is 2.06. The molecule has 2 N–H and O–H groups in total. The molecule has 0 aromatic rings. The van der Waals surface area contributed by atoms with Crippen LogP contribution in [0.25, 0.3) is 0 Å². The lowest BCUT2D eigenvalue weighted by Crippen LogP contribution is -2.42. The van der Waals surface area contributed by atoms with Gasteiger partial charge in [-0.25, -0.2) is 10.9 Å². The number of carbonyl (C=O) groups excluding carboxylic acids is 2. The molecule has 0 unspecified atom stereocenters. The molecule has 0 saturated heterocycles. The summed E-state index contributed by atoms with van der Waals surface area (Å²) in [6.07, 6.45) is 0. The largest absolute Gasteiger partial charge is 0.459 e. The second kappa shape index (κ2) is 6.70. The first-order valence-electron chi connectivity index (χ1n) is 5.89. The predicted molar refractivity (Wildman–Crippen MR) is 67.7 cm³/mol. The topological polar surface area (TPSA) is 76.7 Å². The molecule has 0 radical (unpaired) electrons. The van der Waals surface area contributed by atoms with Crippen LogP contribution in [0.3, 0.4) is 0 Å². The van der Waals surface area contributed by atoms with Crippen molar-refractivity contribution in [2.45, 2.75) is 52.7 Å². The molecule has 0 spiro atoms. The summed E-state index contributed by atoms with van der Waals surface area (Å²) < 4.78 is 10.1. The molecule has 106 valence electrons. The third kappa shape index (κ3) is 11.3. The van der Waals surface area contributed by atoms with Gasteiger partial charge in [0, 0.05) is 0 Å². The van der Waals surface area contributed by atoms with Gasteiger partial charge in [-0.3, -0.25) is 9.59 Å². The van der Waals surface area contributed by atoms with Crippen LogP contribution in [-0.4, -0.2) is 36.2 Å². The predicted octanol–water partition coefficient (Wildman–Crippen LogP) is 0.764. The minimum atomic E-state index is -0.510. The van der Waals surface area contributed by atoms with Crippen molar-refractivity contribution in [1.82, 2.24) is 10.9 Å². The van der Waals surface area contributed by atoms with Crippen LogP contribution in [0.4, 0.5) is 0 Å². The zero-order chi connectivity index (χ0) is 14.4. The highest BCUT2D eigenvalue weighted by molar-refractivity contribution is 5.73. The van der Waals surface area contributed by atoms with Gasteiger partial charge in [0.25, 0.3) is 0 Å². The van der Waals surface area contributed by atoms with E-state index in [0.29, 0.717) is 0 Å². The second-order valence-electron chi connectivity index (χ2n) is 5.88. The lowest BCUT2D eigenvalue weighted by atomic mass is 10.2. The third-order valence-electron chi connectivity index (χ3n) is 1.43. The Hall–Kier alpha value is -1.14. The number of nitrogens with one attached hydrogen (secondary N) is 2. The Morgan fingerprint density at radius 2 is 1.06 bits per heavy atom. The summed E-state index contributed by atoms with van der Waals surface area (Å²) in [5.41, 5.74) is 4.18. The molecule has 0 aliphatic heterocycles. The van der Waals surface area contributed by atoms with Crippen LogP contribution < -0.4 is 10.9 Å². The van der Waals surface area contributed by atoms with Crippen LogP contribution in [0.2, 0.25) is 0 Å². The van der Waals surface area contributed by atoms with Crippen LogP contribution in [0.1, 0.15) is 41.5 Å². The Morgan fingerprint density at radius 3 is 1.28 bits per heavy atom. The van der Waals surface area contributed by atoms with E-state index in [4.69, 9.17) is 9.47 Å². The first-order valence-corrected chi connectivity index (χ1v) is 5.89. The van der Waals surface area contributed by atoms with Crippen molar-refractivity contribution in [2.75, 3.05) is 13.1 Å². The summed E-state index contributed by atoms with van der Waals surface area (Å²) in [5.74, 6) is -0.779. The molecule has 0 rings (SSSR count). The van der Waals surface area contributed by atoms with Gasteiger partial charge in [0.2, 0.25) is 0 Å². The minimum absolute atomic E-state index is 0.0138. The van der Waals surface area contributed by atoms with Crippen molar-refractivity contribution in [3.8, 4) is 0 Å². The maximum atomic E-state index is 11.3. The second-order valence-corrected chi connectivity index (χ2v) is 5.88. The Balaban J connectivity index is 3.69. The Labute approximate surface area is 108 Å². The summed E-state index contributed by atoms with van der Waals surface area (Å²) in [4.78, 5) is 22.6. The van der Waals surface area contributed by atoms with E-state index < -0.39 is 11.2 Å². The molecular formula is C12H24N2O4. The molecule has 0 amide bonds. The number of hydrazine groups is 1. The van der Waals surface area contributed by atoms with Gasteiger partial charge in [-0.1, -0.05) is 0 Å². The number of carbonyl (C=O) groups is 2. The van der Waals surface area contributed by atoms with E-state index in [1.165, 1.54) is 0 Å². The summed E-state index contributed by atoms with van der Waals surface area (Å²) >= 11 is 0. The highest BCUT2D eigenvalue weighted by atomic mass is 16.6. The molecule has 0 bridgehead atoms. The summed E-state index contributed by atoms with van der Waals surface area (Å²) in [6, 6.07) is 0. The van der Waals surface area contributed by atoms with E-state index in [9.17, 15) is 9.59 Å². The summed E-state index contributed by atoms with van der Waals surface area (Å²) in [5, 5.41) is 0. The molecule has 6 heteroatoms. The van der Waals surface area contributed by atoms with Gasteiger partial charge in [0.15, 0.2) is 0 Å². The molecule has 0 aliphatic rings. The molecule has 0 aliphatic carbocycles. The molecule has 0 aromatic heterocycles. The van der Waals surface area contributed by atoms with Crippen LogP contribution >= 0.6 is 0 Å². The fourth-order valence-electron chi connectivity index (χ4n) is 1.02. The zero-order valence-electron chi connectivity index (χ0n) is 12.0. The maximum absolute atomic E-state index is 11.3.